The highest BCUT2D eigenvalue weighted by Crippen LogP contribution is 2.26. The summed E-state index contributed by atoms with van der Waals surface area (Å²) in [4.78, 5) is 0. The first-order valence-electron chi connectivity index (χ1n) is 6.65. The highest BCUT2D eigenvalue weighted by atomic mass is 16.5. The van der Waals surface area contributed by atoms with Crippen molar-refractivity contribution >= 4 is 0 Å². The van der Waals surface area contributed by atoms with Gasteiger partial charge in [-0.15, -0.1) is 0 Å². The number of aryl methyl sites for hydroxylation is 2. The summed E-state index contributed by atoms with van der Waals surface area (Å²) in [6, 6.07) is 16.5. The van der Waals surface area contributed by atoms with Gasteiger partial charge in [0.25, 0.3) is 0 Å². The van der Waals surface area contributed by atoms with Gasteiger partial charge in [0.1, 0.15) is 5.75 Å². The van der Waals surface area contributed by atoms with Gasteiger partial charge in [0.05, 0.1) is 7.11 Å². The van der Waals surface area contributed by atoms with Crippen LogP contribution in [0.2, 0.25) is 0 Å². The van der Waals surface area contributed by atoms with Gasteiger partial charge in [0.15, 0.2) is 0 Å². The van der Waals surface area contributed by atoms with E-state index in [0.29, 0.717) is 0 Å². The van der Waals surface area contributed by atoms with Gasteiger partial charge in [-0.05, 0) is 37.0 Å². The molecule has 0 radical (unpaired) electrons. The normalized spacial score (nSPS) is 12.2. The molecule has 0 saturated heterocycles. The Kier molecular flexibility index (Phi) is 4.58. The van der Waals surface area contributed by atoms with Crippen LogP contribution in [0.25, 0.3) is 0 Å². The van der Waals surface area contributed by atoms with Crippen LogP contribution in [-0.2, 0) is 6.42 Å². The molecule has 100 valence electrons. The number of hydrogen-bond acceptors (Lipinski definition) is 2. The van der Waals surface area contributed by atoms with Crippen LogP contribution in [0.3, 0.4) is 0 Å². The monoisotopic (exact) mass is 255 g/mol. The average Bonchev–Trinajstić information content (AvgIpc) is 2.46. The van der Waals surface area contributed by atoms with Crippen molar-refractivity contribution in [2.45, 2.75) is 25.8 Å². The Morgan fingerprint density at radius 2 is 1.74 bits per heavy atom. The minimum Gasteiger partial charge on any atom is -0.496 e. The molecule has 0 aromatic heterocycles. The number of rotatable bonds is 5. The number of benzene rings is 2. The number of nitrogens with two attached hydrogens (primary N) is 1. The first kappa shape index (κ1) is 13.6. The molecule has 2 rings (SSSR count). The van der Waals surface area contributed by atoms with E-state index in [1.807, 2.05) is 24.3 Å². The summed E-state index contributed by atoms with van der Waals surface area (Å²) in [6.07, 6.45) is 1.91. The molecule has 2 N–H and O–H groups in total. The Balaban J connectivity index is 2.05. The molecule has 2 heteroatoms. The van der Waals surface area contributed by atoms with Gasteiger partial charge in [0, 0.05) is 11.6 Å². The van der Waals surface area contributed by atoms with Gasteiger partial charge in [0.2, 0.25) is 0 Å². The van der Waals surface area contributed by atoms with Gasteiger partial charge >= 0.3 is 0 Å². The molecule has 0 heterocycles. The van der Waals surface area contributed by atoms with Crippen LogP contribution in [0.15, 0.2) is 48.5 Å². The summed E-state index contributed by atoms with van der Waals surface area (Å²) in [5.74, 6) is 0.875. The topological polar surface area (TPSA) is 35.2 Å². The van der Waals surface area contributed by atoms with E-state index in [-0.39, 0.29) is 6.04 Å². The highest BCUT2D eigenvalue weighted by Gasteiger charge is 2.11. The highest BCUT2D eigenvalue weighted by molar-refractivity contribution is 5.36. The maximum absolute atomic E-state index is 6.29. The van der Waals surface area contributed by atoms with Gasteiger partial charge in [-0.2, -0.15) is 0 Å². The van der Waals surface area contributed by atoms with Crippen LogP contribution in [0, 0.1) is 6.92 Å². The lowest BCUT2D eigenvalue weighted by Crippen LogP contribution is -2.12. The molecular weight excluding hydrogens is 234 g/mol. The van der Waals surface area contributed by atoms with Crippen LogP contribution >= 0.6 is 0 Å². The molecule has 0 amide bonds. The molecule has 1 atom stereocenters. The van der Waals surface area contributed by atoms with Crippen molar-refractivity contribution < 1.29 is 4.74 Å². The Labute approximate surface area is 115 Å². The number of para-hydroxylation sites is 1. The molecule has 2 aromatic rings. The zero-order valence-corrected chi connectivity index (χ0v) is 11.6. The van der Waals surface area contributed by atoms with E-state index in [9.17, 15) is 0 Å². The second-order valence-electron chi connectivity index (χ2n) is 4.81. The lowest BCUT2D eigenvalue weighted by molar-refractivity contribution is 0.404. The molecule has 0 aliphatic carbocycles. The van der Waals surface area contributed by atoms with Crippen molar-refractivity contribution in [1.29, 1.82) is 0 Å². The summed E-state index contributed by atoms with van der Waals surface area (Å²) in [5, 5.41) is 0. The third-order valence-electron chi connectivity index (χ3n) is 3.52. The van der Waals surface area contributed by atoms with E-state index in [2.05, 4.69) is 31.2 Å². The lowest BCUT2D eigenvalue weighted by atomic mass is 9.97. The Bertz CT molecular complexity index is 536. The van der Waals surface area contributed by atoms with Crippen molar-refractivity contribution in [3.05, 3.63) is 65.2 Å². The van der Waals surface area contributed by atoms with Crippen LogP contribution in [-0.4, -0.2) is 7.11 Å². The summed E-state index contributed by atoms with van der Waals surface area (Å²) >= 11 is 0. The molecule has 0 aliphatic heterocycles. The van der Waals surface area contributed by atoms with Crippen molar-refractivity contribution in [2.75, 3.05) is 7.11 Å². The minimum absolute atomic E-state index is 0.00996. The Hall–Kier alpha value is -1.80. The molecule has 2 nitrogen and oxygen atoms in total. The van der Waals surface area contributed by atoms with Crippen LogP contribution in [0.1, 0.15) is 29.2 Å². The van der Waals surface area contributed by atoms with E-state index < -0.39 is 0 Å². The van der Waals surface area contributed by atoms with E-state index in [1.54, 1.807) is 7.11 Å². The Morgan fingerprint density at radius 3 is 2.47 bits per heavy atom. The smallest absolute Gasteiger partial charge is 0.123 e. The second kappa shape index (κ2) is 6.39. The quantitative estimate of drug-likeness (QED) is 0.885. The van der Waals surface area contributed by atoms with Crippen molar-refractivity contribution in [3.63, 3.8) is 0 Å². The zero-order chi connectivity index (χ0) is 13.7. The summed E-state index contributed by atoms with van der Waals surface area (Å²) in [6.45, 7) is 2.14. The number of hydrogen-bond donors (Lipinski definition) is 1. The third-order valence-corrected chi connectivity index (χ3v) is 3.52. The van der Waals surface area contributed by atoms with E-state index >= 15 is 0 Å². The number of methoxy groups -OCH3 is 1. The van der Waals surface area contributed by atoms with Crippen LogP contribution in [0.5, 0.6) is 5.75 Å². The van der Waals surface area contributed by atoms with Gasteiger partial charge in [-0.3, -0.25) is 0 Å². The molecule has 0 aliphatic rings. The molecule has 0 fully saturated rings. The van der Waals surface area contributed by atoms with Crippen LogP contribution in [0.4, 0.5) is 0 Å². The molecule has 0 saturated carbocycles. The minimum atomic E-state index is 0.00996. The standard InChI is InChI=1S/C17H21NO/c1-13-7-3-4-8-14(13)11-12-16(18)15-9-5-6-10-17(15)19-2/h3-10,16H,11-12,18H2,1-2H3. The predicted molar refractivity (Wildman–Crippen MR) is 79.4 cm³/mol. The van der Waals surface area contributed by atoms with Gasteiger partial charge < -0.3 is 10.5 Å². The van der Waals surface area contributed by atoms with Crippen LogP contribution < -0.4 is 10.5 Å². The zero-order valence-electron chi connectivity index (χ0n) is 11.6. The maximum Gasteiger partial charge on any atom is 0.123 e. The Morgan fingerprint density at radius 1 is 1.05 bits per heavy atom. The predicted octanol–water partition coefficient (Wildman–Crippen LogP) is 3.64. The molecule has 19 heavy (non-hydrogen) atoms. The fraction of sp³-hybridized carbons (Fsp3) is 0.294. The summed E-state index contributed by atoms with van der Waals surface area (Å²) < 4.78 is 5.36. The molecule has 2 aromatic carbocycles. The fourth-order valence-electron chi connectivity index (χ4n) is 2.33. The van der Waals surface area contributed by atoms with Crippen molar-refractivity contribution in [2.24, 2.45) is 5.73 Å². The number of ether oxygens (including phenoxy) is 1. The fourth-order valence-corrected chi connectivity index (χ4v) is 2.33. The lowest BCUT2D eigenvalue weighted by Gasteiger charge is -2.16. The van der Waals surface area contributed by atoms with E-state index in [1.165, 1.54) is 11.1 Å². The molecule has 1 unspecified atom stereocenters. The van der Waals surface area contributed by atoms with Crippen molar-refractivity contribution in [1.82, 2.24) is 0 Å². The van der Waals surface area contributed by atoms with E-state index in [0.717, 1.165) is 24.2 Å². The second-order valence-corrected chi connectivity index (χ2v) is 4.81. The van der Waals surface area contributed by atoms with Gasteiger partial charge in [-0.25, -0.2) is 0 Å². The largest absolute Gasteiger partial charge is 0.496 e. The average molecular weight is 255 g/mol. The van der Waals surface area contributed by atoms with Crippen molar-refractivity contribution in [3.8, 4) is 5.75 Å². The summed E-state index contributed by atoms with van der Waals surface area (Å²) in [5.41, 5.74) is 10.1. The maximum atomic E-state index is 6.29. The van der Waals surface area contributed by atoms with Gasteiger partial charge in [-0.1, -0.05) is 42.5 Å². The molecule has 0 bridgehead atoms. The summed E-state index contributed by atoms with van der Waals surface area (Å²) in [7, 11) is 1.69. The third kappa shape index (κ3) is 3.36. The first-order valence-corrected chi connectivity index (χ1v) is 6.65. The molecular formula is C17H21NO. The first-order chi connectivity index (χ1) is 9.22. The van der Waals surface area contributed by atoms with E-state index in [4.69, 9.17) is 10.5 Å². The SMILES string of the molecule is COc1ccccc1C(N)CCc1ccccc1C. The molecule has 0 spiro atoms.